The van der Waals surface area contributed by atoms with E-state index in [0.717, 1.165) is 17.9 Å². The minimum absolute atomic E-state index is 0.0395. The van der Waals surface area contributed by atoms with E-state index in [1.54, 1.807) is 0 Å². The third-order valence-corrected chi connectivity index (χ3v) is 19.0. The zero-order chi connectivity index (χ0) is 16.9. The molecule has 1 unspecified atom stereocenters. The van der Waals surface area contributed by atoms with Gasteiger partial charge in [-0.25, -0.2) is 0 Å². The quantitative estimate of drug-likeness (QED) is 0.456. The molecule has 0 fully saturated rings. The van der Waals surface area contributed by atoms with E-state index in [-0.39, 0.29) is 12.1 Å². The van der Waals surface area contributed by atoms with Crippen LogP contribution < -0.4 is 5.30 Å². The Labute approximate surface area is 151 Å². The second-order valence-electron chi connectivity index (χ2n) is 5.95. The summed E-state index contributed by atoms with van der Waals surface area (Å²) in [5.74, 6) is -0.720. The molecule has 0 heterocycles. The second-order valence-corrected chi connectivity index (χ2v) is 18.5. The van der Waals surface area contributed by atoms with Gasteiger partial charge in [-0.3, -0.25) is 0 Å². The average molecular weight is 442 g/mol. The van der Waals surface area contributed by atoms with Crippen molar-refractivity contribution in [2.24, 2.45) is 0 Å². The van der Waals surface area contributed by atoms with E-state index in [1.165, 1.54) is 5.30 Å². The first-order chi connectivity index (χ1) is 10.9. The van der Waals surface area contributed by atoms with Crippen molar-refractivity contribution in [3.63, 3.8) is 0 Å². The molecule has 0 aliphatic rings. The summed E-state index contributed by atoms with van der Waals surface area (Å²) in [5, 5.41) is 10.9. The van der Waals surface area contributed by atoms with Gasteiger partial charge in [-0.2, -0.15) is 0 Å². The van der Waals surface area contributed by atoms with Gasteiger partial charge >= 0.3 is 152 Å². The number of carboxylic acid groups (broad SMARTS) is 1. The molecule has 1 atom stereocenters. The van der Waals surface area contributed by atoms with Crippen LogP contribution in [0, 0.1) is 0 Å². The van der Waals surface area contributed by atoms with Crippen LogP contribution in [0.4, 0.5) is 0 Å². The van der Waals surface area contributed by atoms with Gasteiger partial charge in [0.2, 0.25) is 0 Å². The van der Waals surface area contributed by atoms with Crippen molar-refractivity contribution in [2.75, 3.05) is 12.3 Å². The molecule has 0 radical (unpaired) electrons. The Bertz CT molecular complexity index is 654. The zero-order valence-electron chi connectivity index (χ0n) is 13.7. The molecule has 0 saturated heterocycles. The molecule has 0 bridgehead atoms. The van der Waals surface area contributed by atoms with Crippen molar-refractivity contribution < 1.29 is 9.90 Å². The summed E-state index contributed by atoms with van der Waals surface area (Å²) in [7, 11) is 0. The molecule has 23 heavy (non-hydrogen) atoms. The van der Waals surface area contributed by atoms with Crippen molar-refractivity contribution in [1.29, 1.82) is 0 Å². The van der Waals surface area contributed by atoms with Crippen LogP contribution in [-0.2, 0) is 4.79 Å². The van der Waals surface area contributed by atoms with Crippen LogP contribution in [0.2, 0.25) is 0 Å². The van der Waals surface area contributed by atoms with Crippen LogP contribution >= 0.6 is 26.3 Å². The number of carboxylic acids is 1. The Balaban J connectivity index is 2.70. The topological polar surface area (TPSA) is 37.3 Å². The maximum atomic E-state index is 11.7. The molecule has 2 nitrogen and oxygen atoms in total. The Hall–Kier alpha value is -0.930. The van der Waals surface area contributed by atoms with Crippen LogP contribution in [0.15, 0.2) is 60.7 Å². The second kappa shape index (κ2) is 7.31. The molecule has 2 aromatic rings. The van der Waals surface area contributed by atoms with Gasteiger partial charge < -0.3 is 0 Å². The summed E-state index contributed by atoms with van der Waals surface area (Å²) in [4.78, 5) is 11.7. The van der Waals surface area contributed by atoms with Crippen LogP contribution in [0.25, 0.3) is 0 Å². The first-order valence-electron chi connectivity index (χ1n) is 8.00. The van der Waals surface area contributed by atoms with Crippen LogP contribution in [0.3, 0.4) is 0 Å². The minimum atomic E-state index is -2.46. The van der Waals surface area contributed by atoms with Gasteiger partial charge in [-0.15, -0.1) is 0 Å². The van der Waals surface area contributed by atoms with E-state index in [4.69, 9.17) is 0 Å². The Morgan fingerprint density at radius 1 is 1.00 bits per heavy atom. The van der Waals surface area contributed by atoms with E-state index in [0.29, 0.717) is 0 Å². The van der Waals surface area contributed by atoms with E-state index in [1.807, 2.05) is 24.3 Å². The maximum absolute atomic E-state index is 11.7. The zero-order valence-corrected chi connectivity index (χ0v) is 16.7. The van der Waals surface area contributed by atoms with E-state index < -0.39 is 10.2 Å². The Morgan fingerprint density at radius 3 is 1.91 bits per heavy atom. The van der Waals surface area contributed by atoms with Gasteiger partial charge in [-0.1, -0.05) is 0 Å². The van der Waals surface area contributed by atoms with Crippen molar-refractivity contribution in [1.82, 2.24) is 0 Å². The fourth-order valence-corrected chi connectivity index (χ4v) is 10.7. The summed E-state index contributed by atoms with van der Waals surface area (Å²) in [5.41, 5.74) is 1.19. The molecule has 0 saturated carbocycles. The van der Waals surface area contributed by atoms with Gasteiger partial charge in [0.1, 0.15) is 0 Å². The van der Waals surface area contributed by atoms with Gasteiger partial charge in [0.15, 0.2) is 0 Å². The molecule has 2 aromatic carbocycles. The molecule has 0 spiro atoms. The van der Waals surface area contributed by atoms with Gasteiger partial charge in [0.25, 0.3) is 0 Å². The molecular weight excluding hydrogens is 418 g/mol. The summed E-state index contributed by atoms with van der Waals surface area (Å²) < 4.78 is -2.46. The molecule has 4 heteroatoms. The van der Waals surface area contributed by atoms with Crippen LogP contribution in [-0.4, -0.2) is 23.4 Å². The molecule has 1 N–H and O–H groups in total. The number of hydrogen-bond acceptors (Lipinski definition) is 1. The van der Waals surface area contributed by atoms with E-state index >= 15 is 0 Å². The van der Waals surface area contributed by atoms with Crippen molar-refractivity contribution in [3.05, 3.63) is 66.2 Å². The van der Waals surface area contributed by atoms with Crippen LogP contribution in [0.1, 0.15) is 31.5 Å². The standard InChI is InChI=1S/C19H24IO2P/c1-3-23(20,4-2,17-13-9-6-10-14-17)18(15-19(21)22)16-11-7-5-8-12-16/h5-14,18H,3-4,15H2,1-2H3,(H,21,22). The van der Waals surface area contributed by atoms with Gasteiger partial charge in [0, 0.05) is 0 Å². The molecule has 124 valence electrons. The number of aliphatic carboxylic acids is 1. The molecule has 0 aliphatic carbocycles. The third-order valence-electron chi connectivity index (χ3n) is 5.00. The monoisotopic (exact) mass is 442 g/mol. The molecule has 2 rings (SSSR count). The normalized spacial score (nSPS) is 14.7. The van der Waals surface area contributed by atoms with E-state index in [9.17, 15) is 9.90 Å². The first kappa shape index (κ1) is 18.4. The number of halogens is 1. The summed E-state index contributed by atoms with van der Waals surface area (Å²) >= 11 is 2.67. The summed E-state index contributed by atoms with van der Waals surface area (Å²) in [6.07, 6.45) is 2.18. The summed E-state index contributed by atoms with van der Waals surface area (Å²) in [6.45, 7) is 4.44. The molecular formula is C19H24IO2P. The number of rotatable bonds is 7. The molecule has 0 amide bonds. The van der Waals surface area contributed by atoms with Crippen molar-refractivity contribution >= 4 is 37.6 Å². The molecule has 0 aliphatic heterocycles. The van der Waals surface area contributed by atoms with Crippen LogP contribution in [0.5, 0.6) is 0 Å². The SMILES string of the molecule is CCP(I)(CC)(c1ccccc1)C(CC(=O)O)c1ccccc1. The third kappa shape index (κ3) is 3.46. The fourth-order valence-electron chi connectivity index (χ4n) is 3.50. The predicted octanol–water partition coefficient (Wildman–Crippen LogP) is 5.47. The Kier molecular flexibility index (Phi) is 5.85. The van der Waals surface area contributed by atoms with Crippen molar-refractivity contribution in [2.45, 2.75) is 25.9 Å². The number of carbonyl (C=O) groups is 1. The summed E-state index contributed by atoms with van der Waals surface area (Å²) in [6, 6.07) is 20.7. The number of hydrogen-bond donors (Lipinski definition) is 1. The number of benzene rings is 2. The average Bonchev–Trinajstić information content (AvgIpc) is 2.61. The fraction of sp³-hybridized carbons (Fsp3) is 0.316. The van der Waals surface area contributed by atoms with Gasteiger partial charge in [0.05, 0.1) is 0 Å². The van der Waals surface area contributed by atoms with Gasteiger partial charge in [-0.05, 0) is 0 Å². The van der Waals surface area contributed by atoms with E-state index in [2.05, 4.69) is 72.3 Å². The first-order valence-corrected chi connectivity index (χ1v) is 13.5. The predicted molar refractivity (Wildman–Crippen MR) is 110 cm³/mol. The van der Waals surface area contributed by atoms with Crippen molar-refractivity contribution in [3.8, 4) is 0 Å². The Morgan fingerprint density at radius 2 is 1.48 bits per heavy atom. The molecule has 0 aromatic heterocycles.